The molecule has 1 N–H and O–H groups in total. The van der Waals surface area contributed by atoms with Gasteiger partial charge < -0.3 is 14.8 Å². The Kier molecular flexibility index (Phi) is 7.29. The van der Waals surface area contributed by atoms with Crippen molar-refractivity contribution in [2.45, 2.75) is 43.2 Å². The number of carbonyl (C=O) groups excluding carboxylic acids is 1. The third kappa shape index (κ3) is 4.83. The molecule has 0 spiro atoms. The van der Waals surface area contributed by atoms with E-state index >= 15 is 0 Å². The van der Waals surface area contributed by atoms with Crippen LogP contribution in [0.1, 0.15) is 25.3 Å². The van der Waals surface area contributed by atoms with Crippen LogP contribution in [0, 0.1) is 17.6 Å². The minimum atomic E-state index is -4.76. The molecule has 32 heavy (non-hydrogen) atoms. The van der Waals surface area contributed by atoms with Crippen LogP contribution in [0.4, 0.5) is 27.6 Å². The lowest BCUT2D eigenvalue weighted by atomic mass is 9.81. The lowest BCUT2D eigenvalue weighted by Crippen LogP contribution is -2.35. The number of ether oxygens (including phenoxy) is 2. The summed E-state index contributed by atoms with van der Waals surface area (Å²) in [6.07, 6.45) is -5.44. The van der Waals surface area contributed by atoms with Crippen LogP contribution in [0.2, 0.25) is 0 Å². The average Bonchev–Trinajstić information content (AvgIpc) is 3.09. The third-order valence-corrected chi connectivity index (χ3v) is 5.83. The fraction of sp³-hybridized carbons (Fsp3) is 0.429. The molecule has 3 rings (SSSR count). The van der Waals surface area contributed by atoms with Crippen molar-refractivity contribution in [2.75, 3.05) is 18.2 Å². The van der Waals surface area contributed by atoms with Crippen molar-refractivity contribution in [3.05, 3.63) is 47.7 Å². The molecule has 1 fully saturated rings. The summed E-state index contributed by atoms with van der Waals surface area (Å²) in [5, 5.41) is 3.13. The van der Waals surface area contributed by atoms with Gasteiger partial charge in [0.05, 0.1) is 11.6 Å². The van der Waals surface area contributed by atoms with E-state index in [0.717, 1.165) is 12.1 Å². The minimum absolute atomic E-state index is 0.0522. The molecular weight excluding hydrogens is 455 g/mol. The highest BCUT2D eigenvalue weighted by atomic mass is 32.2. The van der Waals surface area contributed by atoms with Crippen LogP contribution in [-0.2, 0) is 9.53 Å². The van der Waals surface area contributed by atoms with Crippen molar-refractivity contribution in [3.8, 4) is 5.75 Å². The van der Waals surface area contributed by atoms with Crippen molar-refractivity contribution in [2.24, 2.45) is 5.92 Å². The second-order valence-electron chi connectivity index (χ2n) is 7.19. The molecule has 1 aromatic carbocycles. The van der Waals surface area contributed by atoms with E-state index in [2.05, 4.69) is 10.3 Å². The van der Waals surface area contributed by atoms with Gasteiger partial charge in [-0.2, -0.15) is 17.6 Å². The topological polar surface area (TPSA) is 60.5 Å². The van der Waals surface area contributed by atoms with Crippen LogP contribution in [-0.4, -0.2) is 42.1 Å². The summed E-state index contributed by atoms with van der Waals surface area (Å²) in [6, 6.07) is 4.96. The zero-order valence-corrected chi connectivity index (χ0v) is 18.2. The fourth-order valence-electron chi connectivity index (χ4n) is 3.79. The fourth-order valence-corrected chi connectivity index (χ4v) is 4.20. The first-order valence-corrected chi connectivity index (χ1v) is 10.9. The zero-order chi connectivity index (χ0) is 23.6. The highest BCUT2D eigenvalue weighted by Gasteiger charge is 2.57. The lowest BCUT2D eigenvalue weighted by Gasteiger charge is -2.24. The Bertz CT molecular complexity index is 988. The monoisotopic (exact) mass is 476 g/mol. The number of hydrogen-bond acceptors (Lipinski definition) is 5. The van der Waals surface area contributed by atoms with Gasteiger partial charge in [0, 0.05) is 29.3 Å². The van der Waals surface area contributed by atoms with Crippen molar-refractivity contribution in [3.63, 3.8) is 0 Å². The molecule has 2 aromatic rings. The van der Waals surface area contributed by atoms with E-state index in [-0.39, 0.29) is 12.2 Å². The largest absolute Gasteiger partial charge is 0.490 e. The molecule has 0 unspecified atom stereocenters. The van der Waals surface area contributed by atoms with Crippen molar-refractivity contribution in [1.82, 2.24) is 4.98 Å². The van der Waals surface area contributed by atoms with Gasteiger partial charge in [-0.1, -0.05) is 13.0 Å². The highest BCUT2D eigenvalue weighted by molar-refractivity contribution is 7.98. The second kappa shape index (κ2) is 9.62. The van der Waals surface area contributed by atoms with Gasteiger partial charge >= 0.3 is 6.18 Å². The predicted octanol–water partition coefficient (Wildman–Crippen LogP) is 5.17. The predicted molar refractivity (Wildman–Crippen MR) is 109 cm³/mol. The number of halogens is 5. The number of hydrogen-bond donors (Lipinski definition) is 1. The smallest absolute Gasteiger partial charge is 0.414 e. The van der Waals surface area contributed by atoms with E-state index in [1.165, 1.54) is 37.9 Å². The summed E-state index contributed by atoms with van der Waals surface area (Å²) in [4.78, 5) is 17.1. The van der Waals surface area contributed by atoms with Gasteiger partial charge in [-0.15, -0.1) is 11.8 Å². The molecule has 0 radical (unpaired) electrons. The number of nitrogens with zero attached hydrogens (tertiary/aromatic N) is 1. The first kappa shape index (κ1) is 24.2. The summed E-state index contributed by atoms with van der Waals surface area (Å²) in [5.74, 6) is -6.42. The number of carbonyl (C=O) groups is 1. The average molecular weight is 476 g/mol. The molecule has 4 atom stereocenters. The van der Waals surface area contributed by atoms with Crippen LogP contribution in [0.25, 0.3) is 0 Å². The van der Waals surface area contributed by atoms with E-state index < -0.39 is 53.5 Å². The summed E-state index contributed by atoms with van der Waals surface area (Å²) in [5.41, 5.74) is 0.250. The van der Waals surface area contributed by atoms with E-state index in [4.69, 9.17) is 9.47 Å². The molecule has 11 heteroatoms. The molecule has 5 nitrogen and oxygen atoms in total. The lowest BCUT2D eigenvalue weighted by molar-refractivity contribution is -0.221. The van der Waals surface area contributed by atoms with Crippen LogP contribution in [0.15, 0.2) is 35.5 Å². The highest BCUT2D eigenvalue weighted by Crippen LogP contribution is 2.49. The summed E-state index contributed by atoms with van der Waals surface area (Å²) < 4.78 is 79.5. The van der Waals surface area contributed by atoms with Gasteiger partial charge in [0.2, 0.25) is 5.82 Å². The van der Waals surface area contributed by atoms with E-state index in [0.29, 0.717) is 10.7 Å². The SMILES string of the molecule is CCOc1c([C@H]2[C@@H](C)[C@@H](C(F)(F)F)O[C@@H]2C(=O)Nc2ccnc(SC)c2)ccc(F)c1F. The maximum atomic E-state index is 14.4. The quantitative estimate of drug-likeness (QED) is 0.461. The van der Waals surface area contributed by atoms with Crippen molar-refractivity contribution < 1.29 is 36.2 Å². The van der Waals surface area contributed by atoms with Gasteiger partial charge in [0.1, 0.15) is 6.10 Å². The number of amides is 1. The Labute approximate surface area is 185 Å². The maximum Gasteiger partial charge on any atom is 0.414 e. The number of pyridine rings is 1. The minimum Gasteiger partial charge on any atom is -0.490 e. The number of rotatable bonds is 6. The van der Waals surface area contributed by atoms with E-state index in [1.807, 2.05) is 0 Å². The van der Waals surface area contributed by atoms with E-state index in [9.17, 15) is 26.7 Å². The van der Waals surface area contributed by atoms with Crippen LogP contribution in [0.3, 0.4) is 0 Å². The van der Waals surface area contributed by atoms with Crippen LogP contribution < -0.4 is 10.1 Å². The number of anilines is 1. The van der Waals surface area contributed by atoms with Gasteiger partial charge in [-0.3, -0.25) is 4.79 Å². The van der Waals surface area contributed by atoms with Crippen molar-refractivity contribution >= 4 is 23.4 Å². The molecule has 0 saturated carbocycles. The Hall–Kier alpha value is -2.40. The molecule has 0 bridgehead atoms. The van der Waals surface area contributed by atoms with Gasteiger partial charge in [0.15, 0.2) is 17.7 Å². The Balaban J connectivity index is 2.03. The Morgan fingerprint density at radius 3 is 2.62 bits per heavy atom. The number of nitrogens with one attached hydrogen (secondary N) is 1. The van der Waals surface area contributed by atoms with Crippen molar-refractivity contribution in [1.29, 1.82) is 0 Å². The standard InChI is InChI=1S/C21H21F5N2O3S/c1-4-30-17-12(5-6-13(22)16(17)23)15-10(2)19(21(24,25)26)31-18(15)20(29)28-11-7-8-27-14(9-11)32-3/h5-10,15,18-19H,4H2,1-3H3,(H,27,28,29)/t10-,15-,18+,19+/m1/s1. The van der Waals surface area contributed by atoms with Gasteiger partial charge in [-0.25, -0.2) is 9.37 Å². The molecule has 174 valence electrons. The maximum absolute atomic E-state index is 14.4. The molecule has 1 aromatic heterocycles. The Morgan fingerprint density at radius 2 is 2.00 bits per heavy atom. The molecule has 1 amide bonds. The number of benzene rings is 1. The molecule has 1 aliphatic rings. The first-order chi connectivity index (χ1) is 15.1. The first-order valence-electron chi connectivity index (χ1n) is 9.72. The van der Waals surface area contributed by atoms with Crippen LogP contribution >= 0.6 is 11.8 Å². The summed E-state index contributed by atoms with van der Waals surface area (Å²) >= 11 is 1.32. The van der Waals surface area contributed by atoms with Gasteiger partial charge in [0.25, 0.3) is 5.91 Å². The molecule has 0 aliphatic carbocycles. The Morgan fingerprint density at radius 1 is 1.28 bits per heavy atom. The van der Waals surface area contributed by atoms with E-state index in [1.54, 1.807) is 12.3 Å². The number of thioether (sulfide) groups is 1. The molecule has 1 saturated heterocycles. The number of alkyl halides is 3. The van der Waals surface area contributed by atoms with Crippen LogP contribution in [0.5, 0.6) is 5.75 Å². The molecular formula is C21H21F5N2O3S. The summed E-state index contributed by atoms with van der Waals surface area (Å²) in [7, 11) is 0. The second-order valence-corrected chi connectivity index (χ2v) is 8.02. The molecule has 2 heterocycles. The van der Waals surface area contributed by atoms with Gasteiger partial charge in [-0.05, 0) is 31.4 Å². The zero-order valence-electron chi connectivity index (χ0n) is 17.4. The summed E-state index contributed by atoms with van der Waals surface area (Å²) in [6.45, 7) is 2.73. The normalized spacial score (nSPS) is 23.2. The number of aromatic nitrogens is 1. The third-order valence-electron chi connectivity index (χ3n) is 5.18. The molecule has 1 aliphatic heterocycles.